The van der Waals surface area contributed by atoms with Gasteiger partial charge in [-0.15, -0.1) is 0 Å². The Kier molecular flexibility index (Phi) is 6.65. The summed E-state index contributed by atoms with van der Waals surface area (Å²) >= 11 is 0. The molecule has 1 aromatic carbocycles. The normalized spacial score (nSPS) is 29.2. The lowest BCUT2D eigenvalue weighted by molar-refractivity contribution is -0.151. The molecule has 1 aliphatic carbocycles. The van der Waals surface area contributed by atoms with Crippen LogP contribution in [0, 0.1) is 17.3 Å². The van der Waals surface area contributed by atoms with Crippen molar-refractivity contribution >= 4 is 5.97 Å². The minimum Gasteiger partial charge on any atom is -0.449 e. The number of rotatable bonds is 9. The maximum atomic E-state index is 12.1. The molecule has 4 nitrogen and oxygen atoms in total. The second-order valence-electron chi connectivity index (χ2n) is 9.10. The van der Waals surface area contributed by atoms with Crippen molar-refractivity contribution < 1.29 is 19.4 Å². The Balaban J connectivity index is 1.79. The van der Waals surface area contributed by atoms with Crippen LogP contribution in [0.5, 0.6) is 0 Å². The predicted octanol–water partition coefficient (Wildman–Crippen LogP) is 4.83. The summed E-state index contributed by atoms with van der Waals surface area (Å²) < 4.78 is 11.9. The zero-order valence-electron chi connectivity index (χ0n) is 18.1. The summed E-state index contributed by atoms with van der Waals surface area (Å²) in [5.74, 6) is 0.704. The van der Waals surface area contributed by atoms with Gasteiger partial charge in [-0.2, -0.15) is 0 Å². The molecule has 1 aromatic rings. The summed E-state index contributed by atoms with van der Waals surface area (Å²) in [6, 6.07) is 10.0. The topological polar surface area (TPSA) is 55.8 Å². The highest BCUT2D eigenvalue weighted by Crippen LogP contribution is 2.53. The van der Waals surface area contributed by atoms with Gasteiger partial charge in [0.25, 0.3) is 0 Å². The highest BCUT2D eigenvalue weighted by atomic mass is 16.6. The Labute approximate surface area is 174 Å². The van der Waals surface area contributed by atoms with Crippen molar-refractivity contribution in [1.82, 2.24) is 0 Å². The molecular weight excluding hydrogens is 364 g/mol. The van der Waals surface area contributed by atoms with Crippen LogP contribution in [-0.2, 0) is 20.9 Å². The van der Waals surface area contributed by atoms with Gasteiger partial charge in [0.05, 0.1) is 13.2 Å². The number of esters is 1. The second-order valence-corrected chi connectivity index (χ2v) is 9.10. The molecular formula is C25H34O4. The summed E-state index contributed by atoms with van der Waals surface area (Å²) in [7, 11) is 0. The average molecular weight is 399 g/mol. The van der Waals surface area contributed by atoms with Crippen molar-refractivity contribution in [3.05, 3.63) is 59.2 Å². The molecule has 0 fully saturated rings. The van der Waals surface area contributed by atoms with E-state index in [4.69, 9.17) is 9.47 Å². The second kappa shape index (κ2) is 8.85. The first-order valence-electron chi connectivity index (χ1n) is 10.6. The SMILES string of the molecule is CC1=CC(=O)O[C@@]1(COCc1ccccc1)CC1=CC[C@H](C(C)C)[C@@]1(C)CCO. The van der Waals surface area contributed by atoms with E-state index in [2.05, 4.69) is 26.8 Å². The van der Waals surface area contributed by atoms with Gasteiger partial charge in [-0.05, 0) is 48.2 Å². The Bertz CT molecular complexity index is 779. The van der Waals surface area contributed by atoms with Crippen molar-refractivity contribution in [3.63, 3.8) is 0 Å². The molecule has 158 valence electrons. The van der Waals surface area contributed by atoms with Crippen LogP contribution in [0.25, 0.3) is 0 Å². The molecule has 1 heterocycles. The van der Waals surface area contributed by atoms with E-state index in [9.17, 15) is 9.90 Å². The molecule has 3 rings (SSSR count). The van der Waals surface area contributed by atoms with Crippen molar-refractivity contribution in [2.24, 2.45) is 17.3 Å². The number of cyclic esters (lactones) is 1. The Morgan fingerprint density at radius 2 is 2.00 bits per heavy atom. The molecule has 29 heavy (non-hydrogen) atoms. The first-order valence-corrected chi connectivity index (χ1v) is 10.6. The maximum absolute atomic E-state index is 12.1. The van der Waals surface area contributed by atoms with Gasteiger partial charge < -0.3 is 14.6 Å². The molecule has 0 amide bonds. The van der Waals surface area contributed by atoms with Crippen LogP contribution in [0.1, 0.15) is 52.5 Å². The molecule has 4 heteroatoms. The number of carbonyl (C=O) groups excluding carboxylic acids is 1. The average Bonchev–Trinajstić information content (AvgIpc) is 3.13. The van der Waals surface area contributed by atoms with Crippen molar-refractivity contribution in [3.8, 4) is 0 Å². The zero-order chi connectivity index (χ0) is 21.1. The summed E-state index contributed by atoms with van der Waals surface area (Å²) in [5.41, 5.74) is 2.43. The van der Waals surface area contributed by atoms with Gasteiger partial charge >= 0.3 is 5.97 Å². The molecule has 1 aliphatic heterocycles. The Morgan fingerprint density at radius 1 is 1.28 bits per heavy atom. The number of allylic oxidation sites excluding steroid dienone is 1. The first kappa shape index (κ1) is 21.8. The number of benzene rings is 1. The number of carbonyl (C=O) groups is 1. The fourth-order valence-corrected chi connectivity index (χ4v) is 5.06. The van der Waals surface area contributed by atoms with Crippen LogP contribution in [0.4, 0.5) is 0 Å². The summed E-state index contributed by atoms with van der Waals surface area (Å²) in [4.78, 5) is 12.1. The third kappa shape index (κ3) is 4.49. The molecule has 0 spiro atoms. The van der Waals surface area contributed by atoms with Crippen LogP contribution in [0.2, 0.25) is 0 Å². The summed E-state index contributed by atoms with van der Waals surface area (Å²) in [5, 5.41) is 9.75. The van der Waals surface area contributed by atoms with Crippen LogP contribution in [0.3, 0.4) is 0 Å². The third-order valence-corrected chi connectivity index (χ3v) is 6.88. The van der Waals surface area contributed by atoms with E-state index >= 15 is 0 Å². The van der Waals surface area contributed by atoms with Gasteiger partial charge in [-0.1, -0.05) is 62.8 Å². The van der Waals surface area contributed by atoms with Crippen LogP contribution in [-0.4, -0.2) is 29.9 Å². The lowest BCUT2D eigenvalue weighted by Crippen LogP contribution is -2.40. The van der Waals surface area contributed by atoms with Gasteiger partial charge in [-0.3, -0.25) is 0 Å². The number of aliphatic hydroxyl groups is 1. The van der Waals surface area contributed by atoms with Crippen LogP contribution < -0.4 is 0 Å². The van der Waals surface area contributed by atoms with Crippen molar-refractivity contribution in [2.75, 3.05) is 13.2 Å². The zero-order valence-corrected chi connectivity index (χ0v) is 18.1. The first-order chi connectivity index (χ1) is 13.8. The van der Waals surface area contributed by atoms with E-state index in [-0.39, 0.29) is 18.0 Å². The van der Waals surface area contributed by atoms with E-state index in [0.717, 1.165) is 24.0 Å². The van der Waals surface area contributed by atoms with Crippen molar-refractivity contribution in [2.45, 2.75) is 59.2 Å². The van der Waals surface area contributed by atoms with E-state index in [1.165, 1.54) is 5.57 Å². The largest absolute Gasteiger partial charge is 0.449 e. The fraction of sp³-hybridized carbons (Fsp3) is 0.560. The molecule has 0 bridgehead atoms. The molecule has 0 radical (unpaired) electrons. The van der Waals surface area contributed by atoms with E-state index in [1.54, 1.807) is 6.08 Å². The monoisotopic (exact) mass is 398 g/mol. The molecule has 0 aromatic heterocycles. The van der Waals surface area contributed by atoms with Gasteiger partial charge in [-0.25, -0.2) is 4.79 Å². The number of ether oxygens (including phenoxy) is 2. The van der Waals surface area contributed by atoms with Gasteiger partial charge in [0.15, 0.2) is 5.60 Å². The molecule has 0 unspecified atom stereocenters. The molecule has 0 saturated carbocycles. The number of aliphatic hydroxyl groups excluding tert-OH is 1. The van der Waals surface area contributed by atoms with Gasteiger partial charge in [0.2, 0.25) is 0 Å². The minimum absolute atomic E-state index is 0.0926. The highest BCUT2D eigenvalue weighted by Gasteiger charge is 2.48. The molecule has 0 saturated heterocycles. The maximum Gasteiger partial charge on any atom is 0.331 e. The minimum atomic E-state index is -0.764. The Morgan fingerprint density at radius 3 is 2.59 bits per heavy atom. The predicted molar refractivity (Wildman–Crippen MR) is 114 cm³/mol. The smallest absolute Gasteiger partial charge is 0.331 e. The highest BCUT2D eigenvalue weighted by molar-refractivity contribution is 5.86. The lowest BCUT2D eigenvalue weighted by Gasteiger charge is -2.40. The van der Waals surface area contributed by atoms with Gasteiger partial charge in [0, 0.05) is 19.1 Å². The molecule has 3 atom stereocenters. The standard InChI is InChI=1S/C25H34O4/c1-18(2)22-11-10-21(24(22,4)12-13-26)15-25(19(3)14-23(27)29-25)17-28-16-20-8-6-5-7-9-20/h5-10,14,18,22,26H,11-13,15-17H2,1-4H3/t22-,24+,25-/m1/s1. The fourth-order valence-electron chi connectivity index (χ4n) is 5.06. The van der Waals surface area contributed by atoms with E-state index in [0.29, 0.717) is 31.5 Å². The van der Waals surface area contributed by atoms with E-state index < -0.39 is 5.60 Å². The van der Waals surface area contributed by atoms with Crippen LogP contribution in [0.15, 0.2) is 53.6 Å². The van der Waals surface area contributed by atoms with Gasteiger partial charge in [0.1, 0.15) is 0 Å². The Hall–Kier alpha value is -1.91. The summed E-state index contributed by atoms with van der Waals surface area (Å²) in [6.45, 7) is 9.66. The lowest BCUT2D eigenvalue weighted by atomic mass is 9.66. The number of hydrogen-bond acceptors (Lipinski definition) is 4. The molecule has 1 N–H and O–H groups in total. The number of hydrogen-bond donors (Lipinski definition) is 1. The van der Waals surface area contributed by atoms with E-state index in [1.807, 2.05) is 37.3 Å². The molecule has 2 aliphatic rings. The summed E-state index contributed by atoms with van der Waals surface area (Å²) in [6.07, 6.45) is 6.24. The van der Waals surface area contributed by atoms with Crippen LogP contribution >= 0.6 is 0 Å². The quantitative estimate of drug-likeness (QED) is 0.478. The third-order valence-electron chi connectivity index (χ3n) is 6.88. The van der Waals surface area contributed by atoms with Crippen molar-refractivity contribution in [1.29, 1.82) is 0 Å².